The minimum atomic E-state index is 0.0851. The maximum atomic E-state index is 11.8. The van der Waals surface area contributed by atoms with E-state index in [-0.39, 0.29) is 11.2 Å². The summed E-state index contributed by atoms with van der Waals surface area (Å²) >= 11 is 4.35. The van der Waals surface area contributed by atoms with Crippen molar-refractivity contribution in [2.24, 2.45) is 0 Å². The van der Waals surface area contributed by atoms with Crippen LogP contribution in [0.3, 0.4) is 0 Å². The largest absolute Gasteiger partial charge is 0.294 e. The van der Waals surface area contributed by atoms with Gasteiger partial charge in [-0.2, -0.15) is 17.7 Å². The summed E-state index contributed by atoms with van der Waals surface area (Å²) in [5, 5.41) is 7.32. The van der Waals surface area contributed by atoms with Crippen molar-refractivity contribution in [3.63, 3.8) is 0 Å². The second kappa shape index (κ2) is 4.74. The summed E-state index contributed by atoms with van der Waals surface area (Å²) in [5.41, 5.74) is 3.21. The Hall–Kier alpha value is -1.75. The van der Waals surface area contributed by atoms with Crippen LogP contribution in [-0.2, 0) is 4.79 Å². The van der Waals surface area contributed by atoms with E-state index >= 15 is 0 Å². The summed E-state index contributed by atoms with van der Waals surface area (Å²) in [6, 6.07) is 10.1. The fourth-order valence-electron chi connectivity index (χ4n) is 2.24. The highest BCUT2D eigenvalue weighted by molar-refractivity contribution is 7.81. The van der Waals surface area contributed by atoms with E-state index in [0.29, 0.717) is 18.8 Å². The summed E-state index contributed by atoms with van der Waals surface area (Å²) in [6.45, 7) is 2.68. The van der Waals surface area contributed by atoms with Crippen LogP contribution in [0.15, 0.2) is 30.3 Å². The van der Waals surface area contributed by atoms with Gasteiger partial charge in [-0.3, -0.25) is 14.8 Å². The van der Waals surface area contributed by atoms with Gasteiger partial charge in [0.15, 0.2) is 5.82 Å². The smallest absolute Gasteiger partial charge is 0.229 e. The van der Waals surface area contributed by atoms with E-state index < -0.39 is 0 Å². The molecule has 1 amide bonds. The van der Waals surface area contributed by atoms with Crippen molar-refractivity contribution < 1.29 is 4.79 Å². The Balaban J connectivity index is 1.87. The molecule has 0 spiro atoms. The maximum Gasteiger partial charge on any atom is 0.229 e. The van der Waals surface area contributed by atoms with Crippen LogP contribution in [0.1, 0.15) is 12.0 Å². The van der Waals surface area contributed by atoms with Crippen LogP contribution in [0.25, 0.3) is 11.3 Å². The van der Waals surface area contributed by atoms with Crippen LogP contribution in [0.5, 0.6) is 0 Å². The van der Waals surface area contributed by atoms with Gasteiger partial charge in [0.25, 0.3) is 0 Å². The van der Waals surface area contributed by atoms with Gasteiger partial charge in [-0.15, -0.1) is 0 Å². The quantitative estimate of drug-likeness (QED) is 0.826. The van der Waals surface area contributed by atoms with Crippen molar-refractivity contribution in [3.8, 4) is 11.3 Å². The molecule has 98 valence electrons. The van der Waals surface area contributed by atoms with Gasteiger partial charge in [-0.05, 0) is 12.5 Å². The van der Waals surface area contributed by atoms with Crippen LogP contribution in [0, 0.1) is 6.92 Å². The molecule has 1 atom stereocenters. The fourth-order valence-corrected chi connectivity index (χ4v) is 2.56. The van der Waals surface area contributed by atoms with Crippen LogP contribution < -0.4 is 4.90 Å². The van der Waals surface area contributed by atoms with Crippen LogP contribution in [0.2, 0.25) is 0 Å². The Labute approximate surface area is 117 Å². The molecule has 1 aliphatic heterocycles. The number of amides is 1. The highest BCUT2D eigenvalue weighted by Gasteiger charge is 2.29. The molecule has 1 aromatic heterocycles. The van der Waals surface area contributed by atoms with Gasteiger partial charge in [0.2, 0.25) is 5.91 Å². The minimum absolute atomic E-state index is 0.0851. The zero-order valence-corrected chi connectivity index (χ0v) is 11.5. The number of anilines is 1. The van der Waals surface area contributed by atoms with Crippen molar-refractivity contribution in [1.29, 1.82) is 0 Å². The molecule has 1 unspecified atom stereocenters. The lowest BCUT2D eigenvalue weighted by molar-refractivity contribution is -0.117. The summed E-state index contributed by atoms with van der Waals surface area (Å²) in [7, 11) is 0. The van der Waals surface area contributed by atoms with E-state index in [1.54, 1.807) is 4.90 Å². The first kappa shape index (κ1) is 12.3. The van der Waals surface area contributed by atoms with Gasteiger partial charge >= 0.3 is 0 Å². The molecule has 1 aliphatic rings. The third-order valence-corrected chi connectivity index (χ3v) is 3.65. The number of hydrogen-bond acceptors (Lipinski definition) is 3. The first-order valence-corrected chi connectivity index (χ1v) is 6.76. The molecule has 0 radical (unpaired) electrons. The van der Waals surface area contributed by atoms with E-state index in [4.69, 9.17) is 0 Å². The van der Waals surface area contributed by atoms with E-state index in [2.05, 4.69) is 41.9 Å². The Morgan fingerprint density at radius 1 is 1.37 bits per heavy atom. The molecule has 5 heteroatoms. The minimum Gasteiger partial charge on any atom is -0.294 e. The standard InChI is InChI=1S/C14H15N3OS/c1-9-2-4-10(5-3-9)12-7-13(16-15-12)17-8-11(19)6-14(17)18/h2-5,7,11,19H,6,8H2,1H3,(H,15,16). The number of hydrogen-bond donors (Lipinski definition) is 2. The van der Waals surface area contributed by atoms with Gasteiger partial charge in [0.05, 0.1) is 5.69 Å². The summed E-state index contributed by atoms with van der Waals surface area (Å²) in [5.74, 6) is 0.763. The van der Waals surface area contributed by atoms with Gasteiger partial charge < -0.3 is 0 Å². The predicted molar refractivity (Wildman–Crippen MR) is 78.5 cm³/mol. The summed E-state index contributed by atoms with van der Waals surface area (Å²) in [4.78, 5) is 13.5. The van der Waals surface area contributed by atoms with Gasteiger partial charge in [0.1, 0.15) is 0 Å². The van der Waals surface area contributed by atoms with Crippen molar-refractivity contribution in [1.82, 2.24) is 10.2 Å². The summed E-state index contributed by atoms with van der Waals surface area (Å²) in [6.07, 6.45) is 0.482. The van der Waals surface area contributed by atoms with Crippen LogP contribution >= 0.6 is 12.6 Å². The molecule has 2 aromatic rings. The highest BCUT2D eigenvalue weighted by Crippen LogP contribution is 2.26. The third kappa shape index (κ3) is 2.38. The lowest BCUT2D eigenvalue weighted by Gasteiger charge is -2.11. The topological polar surface area (TPSA) is 49.0 Å². The molecule has 1 fully saturated rings. The molecule has 1 saturated heterocycles. The Kier molecular flexibility index (Phi) is 3.06. The van der Waals surface area contributed by atoms with Crippen LogP contribution in [-0.4, -0.2) is 27.9 Å². The Bertz CT molecular complexity index is 605. The average molecular weight is 273 g/mol. The number of carbonyl (C=O) groups excluding carboxylic acids is 1. The molecule has 19 heavy (non-hydrogen) atoms. The second-order valence-electron chi connectivity index (χ2n) is 4.87. The van der Waals surface area contributed by atoms with Gasteiger partial charge in [-0.1, -0.05) is 29.8 Å². The third-order valence-electron chi connectivity index (χ3n) is 3.31. The fraction of sp³-hybridized carbons (Fsp3) is 0.286. The molecular weight excluding hydrogens is 258 g/mol. The Morgan fingerprint density at radius 2 is 2.11 bits per heavy atom. The van der Waals surface area contributed by atoms with Crippen molar-refractivity contribution in [2.45, 2.75) is 18.6 Å². The zero-order valence-electron chi connectivity index (χ0n) is 10.6. The first-order chi connectivity index (χ1) is 9.13. The molecule has 4 nitrogen and oxygen atoms in total. The molecule has 0 aliphatic carbocycles. The highest BCUT2D eigenvalue weighted by atomic mass is 32.1. The van der Waals surface area contributed by atoms with E-state index in [0.717, 1.165) is 11.3 Å². The number of benzene rings is 1. The van der Waals surface area contributed by atoms with Crippen molar-refractivity contribution >= 4 is 24.4 Å². The SMILES string of the molecule is Cc1ccc(-c2cc(N3CC(S)CC3=O)n[nH]2)cc1. The molecular formula is C14H15N3OS. The second-order valence-corrected chi connectivity index (χ2v) is 5.60. The Morgan fingerprint density at radius 3 is 2.74 bits per heavy atom. The molecule has 0 saturated carbocycles. The number of aryl methyl sites for hydroxylation is 1. The number of aromatic nitrogens is 2. The van der Waals surface area contributed by atoms with Crippen molar-refractivity contribution in [2.75, 3.05) is 11.4 Å². The maximum absolute atomic E-state index is 11.8. The number of nitrogens with one attached hydrogen (secondary N) is 1. The monoisotopic (exact) mass is 273 g/mol. The molecule has 1 N–H and O–H groups in total. The predicted octanol–water partition coefficient (Wildman–Crippen LogP) is 2.42. The van der Waals surface area contributed by atoms with Crippen molar-refractivity contribution in [3.05, 3.63) is 35.9 Å². The van der Waals surface area contributed by atoms with E-state index in [1.165, 1.54) is 5.56 Å². The molecule has 0 bridgehead atoms. The van der Waals surface area contributed by atoms with Gasteiger partial charge in [0, 0.05) is 24.3 Å². The molecule has 1 aromatic carbocycles. The number of rotatable bonds is 2. The number of nitrogens with zero attached hydrogens (tertiary/aromatic N) is 2. The zero-order chi connectivity index (χ0) is 13.4. The summed E-state index contributed by atoms with van der Waals surface area (Å²) < 4.78 is 0. The lowest BCUT2D eigenvalue weighted by atomic mass is 10.1. The number of carbonyl (C=O) groups is 1. The lowest BCUT2D eigenvalue weighted by Crippen LogP contribution is -2.24. The number of aromatic amines is 1. The number of thiol groups is 1. The number of H-pyrrole nitrogens is 1. The van der Waals surface area contributed by atoms with E-state index in [1.807, 2.05) is 18.2 Å². The van der Waals surface area contributed by atoms with Gasteiger partial charge in [-0.25, -0.2) is 0 Å². The molecule has 3 rings (SSSR count). The normalized spacial score (nSPS) is 19.2. The molecule has 2 heterocycles. The average Bonchev–Trinajstić information content (AvgIpc) is 2.97. The first-order valence-electron chi connectivity index (χ1n) is 6.24. The van der Waals surface area contributed by atoms with Crippen LogP contribution in [0.4, 0.5) is 5.82 Å². The van der Waals surface area contributed by atoms with E-state index in [9.17, 15) is 4.79 Å².